The molecule has 1 rings (SSSR count). The number of rotatable bonds is 0. The Morgan fingerprint density at radius 3 is 2.27 bits per heavy atom. The Morgan fingerprint density at radius 2 is 2.09 bits per heavy atom. The normalized spacial score (nSPS) is 25.0. The van der Waals surface area contributed by atoms with Gasteiger partial charge in [-0.15, -0.1) is 0 Å². The largest absolute Gasteiger partial charge is 0.276 e. The first kappa shape index (κ1) is 9.95. The van der Waals surface area contributed by atoms with Crippen molar-refractivity contribution in [1.29, 1.82) is 0 Å². The van der Waals surface area contributed by atoms with Crippen molar-refractivity contribution in [1.82, 2.24) is 8.12 Å². The molecule has 0 N–H and O–H groups in total. The van der Waals surface area contributed by atoms with Gasteiger partial charge in [0.2, 0.25) is 3.79 Å². The third kappa shape index (κ3) is 2.17. The first-order valence-corrected chi connectivity index (χ1v) is 4.80. The lowest BCUT2D eigenvalue weighted by atomic mass is 10.5. The van der Waals surface area contributed by atoms with Crippen molar-refractivity contribution in [2.75, 3.05) is 7.05 Å². The van der Waals surface area contributed by atoms with Gasteiger partial charge in [0.15, 0.2) is 6.17 Å². The molecule has 0 saturated carbocycles. The van der Waals surface area contributed by atoms with E-state index >= 15 is 0 Å². The average molecular weight is 328 g/mol. The Hall–Kier alpha value is 0.870. The minimum absolute atomic E-state index is 0.326. The second-order valence-electron chi connectivity index (χ2n) is 2.06. The van der Waals surface area contributed by atoms with Crippen molar-refractivity contribution in [3.8, 4) is 0 Å². The van der Waals surface area contributed by atoms with E-state index < -0.39 is 3.79 Å². The summed E-state index contributed by atoms with van der Waals surface area (Å²) >= 11 is 19.1. The molecule has 1 heterocycles. The number of hydrazone groups is 1. The van der Waals surface area contributed by atoms with Crippen LogP contribution >= 0.6 is 57.7 Å². The minimum atomic E-state index is -1.34. The molecule has 0 saturated heterocycles. The Labute approximate surface area is 93.7 Å². The van der Waals surface area contributed by atoms with Crippen molar-refractivity contribution in [3.63, 3.8) is 0 Å². The van der Waals surface area contributed by atoms with E-state index in [4.69, 9.17) is 34.8 Å². The quantitative estimate of drug-likeness (QED) is 0.386. The molecule has 0 spiro atoms. The Morgan fingerprint density at radius 1 is 1.55 bits per heavy atom. The molecule has 1 atom stereocenters. The summed E-state index contributed by atoms with van der Waals surface area (Å²) in [5.41, 5.74) is 0. The lowest BCUT2D eigenvalue weighted by Crippen LogP contribution is -2.42. The highest BCUT2D eigenvalue weighted by molar-refractivity contribution is 14.1. The Balaban J connectivity index is 2.74. The number of alkyl halides is 3. The molecule has 0 aromatic heterocycles. The summed E-state index contributed by atoms with van der Waals surface area (Å²) in [5, 5.41) is 5.54. The van der Waals surface area contributed by atoms with Crippen LogP contribution in [0.4, 0.5) is 0 Å². The van der Waals surface area contributed by atoms with Gasteiger partial charge in [-0.3, -0.25) is 8.12 Å². The van der Waals surface area contributed by atoms with E-state index in [1.807, 2.05) is 22.9 Å². The van der Waals surface area contributed by atoms with Crippen LogP contribution in [0.25, 0.3) is 0 Å². The average Bonchev–Trinajstić information content (AvgIpc) is 2.08. The van der Waals surface area contributed by atoms with Gasteiger partial charge >= 0.3 is 0 Å². The van der Waals surface area contributed by atoms with Crippen LogP contribution in [0.1, 0.15) is 0 Å². The zero-order valence-electron chi connectivity index (χ0n) is 5.51. The smallest absolute Gasteiger partial charge is 0.230 e. The molecule has 0 aliphatic carbocycles. The van der Waals surface area contributed by atoms with Crippen molar-refractivity contribution in [3.05, 3.63) is 0 Å². The standard InChI is InChI=1S/C4H5Cl3IN3/c1-10-3(4(5,6)7)11(8)2-9-10/h2-3H,1H3. The molecule has 0 aromatic rings. The third-order valence-electron chi connectivity index (χ3n) is 1.22. The molecule has 0 aromatic carbocycles. The predicted octanol–water partition coefficient (Wildman–Crippen LogP) is 2.22. The summed E-state index contributed by atoms with van der Waals surface area (Å²) in [6.45, 7) is 0. The molecule has 0 bridgehead atoms. The Bertz CT molecular complexity index is 168. The second kappa shape index (κ2) is 3.32. The molecule has 1 unspecified atom stereocenters. The highest BCUT2D eigenvalue weighted by atomic mass is 127. The lowest BCUT2D eigenvalue weighted by molar-refractivity contribution is 0.233. The summed E-state index contributed by atoms with van der Waals surface area (Å²) in [4.78, 5) is 0. The maximum absolute atomic E-state index is 5.69. The van der Waals surface area contributed by atoms with Gasteiger partial charge in [0, 0.05) is 7.05 Å². The third-order valence-corrected chi connectivity index (χ3v) is 2.59. The van der Waals surface area contributed by atoms with E-state index in [2.05, 4.69) is 5.10 Å². The highest BCUT2D eigenvalue weighted by Gasteiger charge is 2.41. The fraction of sp³-hybridized carbons (Fsp3) is 0.750. The van der Waals surface area contributed by atoms with E-state index in [9.17, 15) is 0 Å². The lowest BCUT2D eigenvalue weighted by Gasteiger charge is -2.29. The van der Waals surface area contributed by atoms with Crippen molar-refractivity contribution in [2.24, 2.45) is 5.10 Å². The summed E-state index contributed by atoms with van der Waals surface area (Å²) in [6.07, 6.45) is 1.28. The van der Waals surface area contributed by atoms with E-state index in [1.165, 1.54) is 0 Å². The molecule has 1 aliphatic heterocycles. The Kier molecular flexibility index (Phi) is 3.00. The molecule has 0 amide bonds. The van der Waals surface area contributed by atoms with Gasteiger partial charge in [-0.25, -0.2) is 0 Å². The number of halogens is 4. The summed E-state index contributed by atoms with van der Waals surface area (Å²) in [6, 6.07) is 0. The molecule has 3 nitrogen and oxygen atoms in total. The number of hydrogen-bond donors (Lipinski definition) is 0. The van der Waals surface area contributed by atoms with Crippen molar-refractivity contribution in [2.45, 2.75) is 9.96 Å². The second-order valence-corrected chi connectivity index (χ2v) is 5.55. The fourth-order valence-electron chi connectivity index (χ4n) is 0.768. The fourth-order valence-corrected chi connectivity index (χ4v) is 2.89. The van der Waals surface area contributed by atoms with Crippen LogP contribution in [0.5, 0.6) is 0 Å². The predicted molar refractivity (Wildman–Crippen MR) is 56.2 cm³/mol. The van der Waals surface area contributed by atoms with Crippen LogP contribution in [0, 0.1) is 0 Å². The maximum Gasteiger partial charge on any atom is 0.230 e. The summed E-state index contributed by atoms with van der Waals surface area (Å²) in [5.74, 6) is 0. The van der Waals surface area contributed by atoms with Crippen LogP contribution in [-0.4, -0.2) is 31.5 Å². The van der Waals surface area contributed by atoms with Crippen molar-refractivity contribution < 1.29 is 0 Å². The van der Waals surface area contributed by atoms with Crippen LogP contribution in [0.3, 0.4) is 0 Å². The molecule has 1 aliphatic rings. The van der Waals surface area contributed by atoms with Gasteiger partial charge < -0.3 is 0 Å². The van der Waals surface area contributed by atoms with E-state index in [1.54, 1.807) is 21.5 Å². The zero-order chi connectivity index (χ0) is 8.65. The highest BCUT2D eigenvalue weighted by Crippen LogP contribution is 2.37. The van der Waals surface area contributed by atoms with E-state index in [0.717, 1.165) is 0 Å². The molecule has 7 heteroatoms. The van der Waals surface area contributed by atoms with Crippen LogP contribution in [-0.2, 0) is 0 Å². The van der Waals surface area contributed by atoms with E-state index in [0.29, 0.717) is 0 Å². The monoisotopic (exact) mass is 327 g/mol. The summed E-state index contributed by atoms with van der Waals surface area (Å²) in [7, 11) is 1.75. The molecule has 64 valence electrons. The summed E-state index contributed by atoms with van der Waals surface area (Å²) < 4.78 is 0.372. The van der Waals surface area contributed by atoms with Gasteiger partial charge in [0.05, 0.1) is 22.9 Å². The molecular formula is C4H5Cl3IN3. The zero-order valence-corrected chi connectivity index (χ0v) is 9.93. The maximum atomic E-state index is 5.69. The molecule has 11 heavy (non-hydrogen) atoms. The van der Waals surface area contributed by atoms with Gasteiger partial charge in [-0.1, -0.05) is 34.8 Å². The van der Waals surface area contributed by atoms with Crippen LogP contribution in [0.15, 0.2) is 5.10 Å². The SMILES string of the molecule is CN1N=CN(I)C1C(Cl)(Cl)Cl. The number of hydrogen-bond acceptors (Lipinski definition) is 3. The van der Waals surface area contributed by atoms with Crippen LogP contribution in [0.2, 0.25) is 0 Å². The van der Waals surface area contributed by atoms with Crippen LogP contribution < -0.4 is 0 Å². The molecule has 0 fully saturated rings. The minimum Gasteiger partial charge on any atom is -0.276 e. The molecule has 0 radical (unpaired) electrons. The van der Waals surface area contributed by atoms with Gasteiger partial charge in [0.1, 0.15) is 6.34 Å². The first-order chi connectivity index (χ1) is 4.93. The number of nitrogens with zero attached hydrogens (tertiary/aromatic N) is 3. The molecular weight excluding hydrogens is 323 g/mol. The van der Waals surface area contributed by atoms with Gasteiger partial charge in [-0.2, -0.15) is 5.10 Å². The van der Waals surface area contributed by atoms with Gasteiger partial charge in [0.25, 0.3) is 0 Å². The van der Waals surface area contributed by atoms with E-state index in [-0.39, 0.29) is 6.17 Å². The van der Waals surface area contributed by atoms with Gasteiger partial charge in [-0.05, 0) is 0 Å². The van der Waals surface area contributed by atoms with Crippen molar-refractivity contribution >= 4 is 64.0 Å². The topological polar surface area (TPSA) is 18.8 Å². The first-order valence-electron chi connectivity index (χ1n) is 2.70.